The summed E-state index contributed by atoms with van der Waals surface area (Å²) >= 11 is 0. The minimum absolute atomic E-state index is 0.0949. The molecule has 0 unspecified atom stereocenters. The van der Waals surface area contributed by atoms with Crippen molar-refractivity contribution in [3.63, 3.8) is 0 Å². The molecule has 0 N–H and O–H groups in total. The number of carbonyl (C=O) groups is 1. The summed E-state index contributed by atoms with van der Waals surface area (Å²) < 4.78 is 11.4. The van der Waals surface area contributed by atoms with E-state index in [0.29, 0.717) is 13.0 Å². The highest BCUT2D eigenvalue weighted by atomic mass is 32.2. The van der Waals surface area contributed by atoms with Crippen LogP contribution in [0.1, 0.15) is 16.7 Å². The molecule has 0 radical (unpaired) electrons. The Hall–Kier alpha value is -1.94. The van der Waals surface area contributed by atoms with Gasteiger partial charge in [-0.15, -0.1) is 0 Å². The average Bonchev–Trinajstić information content (AvgIpc) is 2.50. The van der Waals surface area contributed by atoms with Gasteiger partial charge >= 0.3 is 0 Å². The number of hydrogen-bond acceptors (Lipinski definition) is 2. The van der Waals surface area contributed by atoms with Gasteiger partial charge < -0.3 is 4.90 Å². The minimum Gasteiger partial charge on any atom is -0.341 e. The summed E-state index contributed by atoms with van der Waals surface area (Å²) in [5.74, 6) is 0.0949. The standard InChI is InChI=1S/C18H21NO2S/c1-14-6-4-5-7-16(14)12-18(20)19(2)13-15-8-10-17(11-9-15)22(3)21/h4-11H,12-13H2,1-3H3/t22-/m1/s1. The van der Waals surface area contributed by atoms with E-state index in [1.54, 1.807) is 11.2 Å². The molecule has 0 fully saturated rings. The number of amides is 1. The first-order chi connectivity index (χ1) is 10.5. The molecule has 0 aliphatic carbocycles. The summed E-state index contributed by atoms with van der Waals surface area (Å²) in [6.07, 6.45) is 2.08. The lowest BCUT2D eigenvalue weighted by Crippen LogP contribution is -2.27. The molecule has 3 nitrogen and oxygen atoms in total. The number of likely N-dealkylation sites (N-methyl/N-ethyl adjacent to an activating group) is 1. The SMILES string of the molecule is Cc1ccccc1CC(=O)N(C)Cc1ccc([S@@](C)=O)cc1. The van der Waals surface area contributed by atoms with Gasteiger partial charge in [-0.1, -0.05) is 36.4 Å². The molecule has 0 saturated carbocycles. The maximum absolute atomic E-state index is 12.3. The van der Waals surface area contributed by atoms with Crippen molar-refractivity contribution in [2.24, 2.45) is 0 Å². The Kier molecular flexibility index (Phi) is 5.50. The first-order valence-corrected chi connectivity index (χ1v) is 8.74. The zero-order valence-electron chi connectivity index (χ0n) is 13.2. The lowest BCUT2D eigenvalue weighted by atomic mass is 10.1. The molecule has 2 rings (SSSR count). The van der Waals surface area contributed by atoms with Gasteiger partial charge in [-0.3, -0.25) is 9.00 Å². The molecule has 0 spiro atoms. The third-order valence-electron chi connectivity index (χ3n) is 3.70. The number of benzene rings is 2. The summed E-state index contributed by atoms with van der Waals surface area (Å²) in [7, 11) is 0.844. The van der Waals surface area contributed by atoms with Crippen molar-refractivity contribution in [3.8, 4) is 0 Å². The van der Waals surface area contributed by atoms with E-state index < -0.39 is 10.8 Å². The van der Waals surface area contributed by atoms with Crippen LogP contribution >= 0.6 is 0 Å². The Balaban J connectivity index is 1.99. The molecule has 2 aromatic rings. The first kappa shape index (κ1) is 16.4. The fraction of sp³-hybridized carbons (Fsp3) is 0.278. The highest BCUT2D eigenvalue weighted by Crippen LogP contribution is 2.12. The molecule has 0 saturated heterocycles. The van der Waals surface area contributed by atoms with Crippen LogP contribution in [0.4, 0.5) is 0 Å². The van der Waals surface area contributed by atoms with E-state index in [9.17, 15) is 9.00 Å². The van der Waals surface area contributed by atoms with Gasteiger partial charge in [-0.05, 0) is 35.7 Å². The molecule has 4 heteroatoms. The number of nitrogens with zero attached hydrogens (tertiary/aromatic N) is 1. The van der Waals surface area contributed by atoms with Gasteiger partial charge in [0.05, 0.1) is 6.42 Å². The van der Waals surface area contributed by atoms with Crippen molar-refractivity contribution in [1.29, 1.82) is 0 Å². The molecule has 0 aliphatic rings. The van der Waals surface area contributed by atoms with Crippen molar-refractivity contribution in [2.45, 2.75) is 24.8 Å². The van der Waals surface area contributed by atoms with E-state index in [2.05, 4.69) is 0 Å². The molecule has 0 aliphatic heterocycles. The monoisotopic (exact) mass is 315 g/mol. The fourth-order valence-electron chi connectivity index (χ4n) is 2.25. The predicted molar refractivity (Wildman–Crippen MR) is 90.1 cm³/mol. The fourth-order valence-corrected chi connectivity index (χ4v) is 2.77. The van der Waals surface area contributed by atoms with Gasteiger partial charge in [0.15, 0.2) is 0 Å². The number of carbonyl (C=O) groups excluding carboxylic acids is 1. The van der Waals surface area contributed by atoms with Crippen LogP contribution in [0.5, 0.6) is 0 Å². The smallest absolute Gasteiger partial charge is 0.227 e. The summed E-state index contributed by atoms with van der Waals surface area (Å²) in [4.78, 5) is 14.9. The molecule has 1 atom stereocenters. The predicted octanol–water partition coefficient (Wildman–Crippen LogP) is 2.93. The van der Waals surface area contributed by atoms with Gasteiger partial charge in [0.1, 0.15) is 0 Å². The van der Waals surface area contributed by atoms with Gasteiger partial charge in [-0.25, -0.2) is 0 Å². The van der Waals surface area contributed by atoms with E-state index in [0.717, 1.165) is 21.6 Å². The number of aryl methyl sites for hydroxylation is 1. The molecule has 22 heavy (non-hydrogen) atoms. The van der Waals surface area contributed by atoms with Crippen LogP contribution in [-0.2, 0) is 28.6 Å². The summed E-state index contributed by atoms with van der Waals surface area (Å²) in [6, 6.07) is 15.5. The van der Waals surface area contributed by atoms with E-state index >= 15 is 0 Å². The van der Waals surface area contributed by atoms with E-state index in [4.69, 9.17) is 0 Å². The van der Waals surface area contributed by atoms with Crippen LogP contribution in [0.2, 0.25) is 0 Å². The summed E-state index contributed by atoms with van der Waals surface area (Å²) in [6.45, 7) is 2.58. The normalized spacial score (nSPS) is 12.0. The number of hydrogen-bond donors (Lipinski definition) is 0. The van der Waals surface area contributed by atoms with Gasteiger partial charge in [0.2, 0.25) is 5.91 Å². The molecule has 116 valence electrons. The molecular weight excluding hydrogens is 294 g/mol. The van der Waals surface area contributed by atoms with Gasteiger partial charge in [-0.2, -0.15) is 0 Å². The largest absolute Gasteiger partial charge is 0.341 e. The van der Waals surface area contributed by atoms with Gasteiger partial charge in [0.25, 0.3) is 0 Å². The first-order valence-electron chi connectivity index (χ1n) is 7.18. The van der Waals surface area contributed by atoms with Crippen molar-refractivity contribution >= 4 is 16.7 Å². The zero-order valence-corrected chi connectivity index (χ0v) is 14.0. The minimum atomic E-state index is -0.968. The van der Waals surface area contributed by atoms with Crippen LogP contribution in [0.15, 0.2) is 53.4 Å². The number of rotatable bonds is 5. The second kappa shape index (κ2) is 7.36. The Morgan fingerprint density at radius 1 is 1.09 bits per heavy atom. The second-order valence-electron chi connectivity index (χ2n) is 5.45. The van der Waals surface area contributed by atoms with Crippen LogP contribution < -0.4 is 0 Å². The third-order valence-corrected chi connectivity index (χ3v) is 4.64. The Morgan fingerprint density at radius 3 is 2.32 bits per heavy atom. The highest BCUT2D eigenvalue weighted by molar-refractivity contribution is 7.84. The maximum Gasteiger partial charge on any atom is 0.227 e. The summed E-state index contributed by atoms with van der Waals surface area (Å²) in [5, 5.41) is 0. The topological polar surface area (TPSA) is 37.4 Å². The van der Waals surface area contributed by atoms with Crippen molar-refractivity contribution < 1.29 is 9.00 Å². The lowest BCUT2D eigenvalue weighted by molar-refractivity contribution is -0.129. The van der Waals surface area contributed by atoms with Gasteiger partial charge in [0, 0.05) is 35.5 Å². The van der Waals surface area contributed by atoms with Crippen molar-refractivity contribution in [1.82, 2.24) is 4.90 Å². The quantitative estimate of drug-likeness (QED) is 0.851. The van der Waals surface area contributed by atoms with E-state index in [-0.39, 0.29) is 5.91 Å². The van der Waals surface area contributed by atoms with Crippen LogP contribution in [0.3, 0.4) is 0 Å². The average molecular weight is 315 g/mol. The molecular formula is C18H21NO2S. The maximum atomic E-state index is 12.3. The lowest BCUT2D eigenvalue weighted by Gasteiger charge is -2.18. The molecule has 1 amide bonds. The van der Waals surface area contributed by atoms with E-state index in [1.807, 2.05) is 62.5 Å². The van der Waals surface area contributed by atoms with Crippen LogP contribution in [0.25, 0.3) is 0 Å². The Labute approximate surface area is 134 Å². The molecule has 0 aromatic heterocycles. The van der Waals surface area contributed by atoms with E-state index in [1.165, 1.54) is 0 Å². The molecule has 2 aromatic carbocycles. The van der Waals surface area contributed by atoms with Crippen LogP contribution in [-0.4, -0.2) is 28.3 Å². The Morgan fingerprint density at radius 2 is 1.73 bits per heavy atom. The molecule has 0 heterocycles. The third kappa shape index (κ3) is 4.28. The van der Waals surface area contributed by atoms with Crippen molar-refractivity contribution in [3.05, 3.63) is 65.2 Å². The highest BCUT2D eigenvalue weighted by Gasteiger charge is 2.11. The molecule has 0 bridgehead atoms. The van der Waals surface area contributed by atoms with Crippen LogP contribution in [0, 0.1) is 6.92 Å². The Bertz CT molecular complexity index is 680. The zero-order chi connectivity index (χ0) is 16.1. The summed E-state index contributed by atoms with van der Waals surface area (Å²) in [5.41, 5.74) is 3.24. The van der Waals surface area contributed by atoms with Crippen molar-refractivity contribution in [2.75, 3.05) is 13.3 Å². The second-order valence-corrected chi connectivity index (χ2v) is 6.83.